The van der Waals surface area contributed by atoms with Gasteiger partial charge in [-0.3, -0.25) is 10.1 Å². The quantitative estimate of drug-likeness (QED) is 0.618. The summed E-state index contributed by atoms with van der Waals surface area (Å²) in [6.07, 6.45) is 1.89. The lowest BCUT2D eigenvalue weighted by Gasteiger charge is -2.27. The third kappa shape index (κ3) is 2.97. The third-order valence-corrected chi connectivity index (χ3v) is 2.92. The molecule has 0 spiro atoms. The van der Waals surface area contributed by atoms with Crippen molar-refractivity contribution in [1.82, 2.24) is 15.3 Å². The van der Waals surface area contributed by atoms with E-state index >= 15 is 0 Å². The molecular formula is C12H16ClN3O2. The lowest BCUT2D eigenvalue weighted by atomic mass is 10.0. The Labute approximate surface area is 111 Å². The van der Waals surface area contributed by atoms with Crippen LogP contribution < -0.4 is 5.32 Å². The Hall–Kier alpha value is -1.20. The molecule has 1 aromatic rings. The van der Waals surface area contributed by atoms with Crippen LogP contribution in [0.5, 0.6) is 0 Å². The van der Waals surface area contributed by atoms with Crippen molar-refractivity contribution in [3.63, 3.8) is 0 Å². The average Bonchev–Trinajstić information content (AvgIpc) is 2.26. The first-order valence-electron chi connectivity index (χ1n) is 5.81. The van der Waals surface area contributed by atoms with Gasteiger partial charge in [0.1, 0.15) is 23.1 Å². The molecular weight excluding hydrogens is 254 g/mol. The number of rotatable bonds is 1. The molecule has 0 bridgehead atoms. The number of hydrogen-bond acceptors (Lipinski definition) is 5. The zero-order valence-electron chi connectivity index (χ0n) is 10.7. The fourth-order valence-electron chi connectivity index (χ4n) is 1.81. The monoisotopic (exact) mass is 269 g/mol. The van der Waals surface area contributed by atoms with Crippen molar-refractivity contribution < 1.29 is 9.53 Å². The molecule has 1 aromatic heterocycles. The summed E-state index contributed by atoms with van der Waals surface area (Å²) in [6.45, 7) is 6.03. The number of nitrogens with one attached hydrogen (secondary N) is 1. The molecule has 98 valence electrons. The first-order valence-corrected chi connectivity index (χ1v) is 6.19. The van der Waals surface area contributed by atoms with Gasteiger partial charge in [-0.15, -0.1) is 0 Å². The molecule has 1 aliphatic rings. The first-order chi connectivity index (χ1) is 8.37. The van der Waals surface area contributed by atoms with Crippen molar-refractivity contribution in [1.29, 1.82) is 0 Å². The SMILES string of the molecule is CC(C)(C)OC(=O)C1Cc2ncnc(Cl)c2CN1. The van der Waals surface area contributed by atoms with Gasteiger partial charge in [0.05, 0.1) is 5.69 Å². The summed E-state index contributed by atoms with van der Waals surface area (Å²) in [5.74, 6) is -0.261. The normalized spacial score (nSPS) is 19.2. The van der Waals surface area contributed by atoms with E-state index in [1.165, 1.54) is 6.33 Å². The molecule has 1 unspecified atom stereocenters. The summed E-state index contributed by atoms with van der Waals surface area (Å²) in [4.78, 5) is 20.0. The topological polar surface area (TPSA) is 64.1 Å². The summed E-state index contributed by atoms with van der Waals surface area (Å²) in [7, 11) is 0. The van der Waals surface area contributed by atoms with Crippen LogP contribution in [0.15, 0.2) is 6.33 Å². The minimum absolute atomic E-state index is 0.261. The van der Waals surface area contributed by atoms with Crippen LogP contribution in [-0.2, 0) is 22.5 Å². The van der Waals surface area contributed by atoms with Gasteiger partial charge in [0.15, 0.2) is 0 Å². The number of carbonyl (C=O) groups excluding carboxylic acids is 1. The molecule has 0 aliphatic carbocycles. The largest absolute Gasteiger partial charge is 0.459 e. The zero-order chi connectivity index (χ0) is 13.3. The Morgan fingerprint density at radius 3 is 2.89 bits per heavy atom. The van der Waals surface area contributed by atoms with Gasteiger partial charge in [-0.25, -0.2) is 9.97 Å². The summed E-state index contributed by atoms with van der Waals surface area (Å²) in [6, 6.07) is -0.373. The predicted molar refractivity (Wildman–Crippen MR) is 67.2 cm³/mol. The van der Waals surface area contributed by atoms with Crippen LogP contribution >= 0.6 is 11.6 Å². The predicted octanol–water partition coefficient (Wildman–Crippen LogP) is 1.49. The molecule has 1 aliphatic heterocycles. The Balaban J connectivity index is 2.11. The number of esters is 1. The maximum absolute atomic E-state index is 11.9. The van der Waals surface area contributed by atoms with Crippen LogP contribution in [-0.4, -0.2) is 27.6 Å². The van der Waals surface area contributed by atoms with E-state index in [2.05, 4.69) is 15.3 Å². The number of ether oxygens (including phenoxy) is 1. The lowest BCUT2D eigenvalue weighted by molar-refractivity contribution is -0.157. The average molecular weight is 270 g/mol. The van der Waals surface area contributed by atoms with Gasteiger partial charge in [-0.2, -0.15) is 0 Å². The third-order valence-electron chi connectivity index (χ3n) is 2.60. The highest BCUT2D eigenvalue weighted by molar-refractivity contribution is 6.30. The highest BCUT2D eigenvalue weighted by atomic mass is 35.5. The van der Waals surface area contributed by atoms with Crippen LogP contribution in [0.2, 0.25) is 5.15 Å². The minimum atomic E-state index is -0.484. The highest BCUT2D eigenvalue weighted by Crippen LogP contribution is 2.21. The van der Waals surface area contributed by atoms with Gasteiger partial charge in [0, 0.05) is 18.5 Å². The fraction of sp³-hybridized carbons (Fsp3) is 0.583. The Morgan fingerprint density at radius 1 is 1.50 bits per heavy atom. The number of fused-ring (bicyclic) bond motifs is 1. The van der Waals surface area contributed by atoms with Crippen LogP contribution in [0.25, 0.3) is 0 Å². The standard InChI is InChI=1S/C12H16ClN3O2/c1-12(2,3)18-11(17)9-4-8-7(5-14-9)10(13)16-6-15-8/h6,9,14H,4-5H2,1-3H3. The highest BCUT2D eigenvalue weighted by Gasteiger charge is 2.30. The minimum Gasteiger partial charge on any atom is -0.459 e. The molecule has 0 fully saturated rings. The Bertz CT molecular complexity index is 471. The second-order valence-corrected chi connectivity index (χ2v) is 5.62. The molecule has 0 radical (unpaired) electrons. The molecule has 0 amide bonds. The molecule has 0 aromatic carbocycles. The van der Waals surface area contributed by atoms with E-state index in [1.54, 1.807) is 0 Å². The van der Waals surface area contributed by atoms with Crippen molar-refractivity contribution in [2.75, 3.05) is 0 Å². The van der Waals surface area contributed by atoms with Gasteiger partial charge < -0.3 is 4.74 Å². The van der Waals surface area contributed by atoms with Crippen LogP contribution in [0, 0.1) is 0 Å². The van der Waals surface area contributed by atoms with E-state index < -0.39 is 5.60 Å². The molecule has 1 atom stereocenters. The molecule has 5 nitrogen and oxygen atoms in total. The van der Waals surface area contributed by atoms with Gasteiger partial charge >= 0.3 is 5.97 Å². The van der Waals surface area contributed by atoms with Crippen LogP contribution in [0.3, 0.4) is 0 Å². The summed E-state index contributed by atoms with van der Waals surface area (Å²) >= 11 is 5.97. The second-order valence-electron chi connectivity index (χ2n) is 5.26. The molecule has 2 rings (SSSR count). The van der Waals surface area contributed by atoms with E-state index in [-0.39, 0.29) is 12.0 Å². The van der Waals surface area contributed by atoms with Crippen molar-refractivity contribution >= 4 is 17.6 Å². The van der Waals surface area contributed by atoms with E-state index in [0.29, 0.717) is 18.1 Å². The lowest BCUT2D eigenvalue weighted by Crippen LogP contribution is -2.45. The van der Waals surface area contributed by atoms with E-state index in [0.717, 1.165) is 11.3 Å². The summed E-state index contributed by atoms with van der Waals surface area (Å²) in [5, 5.41) is 3.54. The number of carbonyl (C=O) groups is 1. The number of aromatic nitrogens is 2. The van der Waals surface area contributed by atoms with Crippen molar-refractivity contribution in [3.8, 4) is 0 Å². The molecule has 0 saturated carbocycles. The smallest absolute Gasteiger partial charge is 0.324 e. The van der Waals surface area contributed by atoms with Crippen LogP contribution in [0.4, 0.5) is 0 Å². The van der Waals surface area contributed by atoms with E-state index in [9.17, 15) is 4.79 Å². The van der Waals surface area contributed by atoms with Crippen molar-refractivity contribution in [2.45, 2.75) is 45.4 Å². The van der Waals surface area contributed by atoms with Gasteiger partial charge in [0.2, 0.25) is 0 Å². The molecule has 0 saturated heterocycles. The van der Waals surface area contributed by atoms with Gasteiger partial charge in [-0.05, 0) is 20.8 Å². The van der Waals surface area contributed by atoms with E-state index in [1.807, 2.05) is 20.8 Å². The summed E-state index contributed by atoms with van der Waals surface area (Å²) < 4.78 is 5.34. The molecule has 1 N–H and O–H groups in total. The number of hydrogen-bond donors (Lipinski definition) is 1. The number of halogens is 1. The molecule has 18 heavy (non-hydrogen) atoms. The van der Waals surface area contributed by atoms with Gasteiger partial charge in [0.25, 0.3) is 0 Å². The fourth-order valence-corrected chi connectivity index (χ4v) is 2.02. The van der Waals surface area contributed by atoms with E-state index in [4.69, 9.17) is 16.3 Å². The van der Waals surface area contributed by atoms with Gasteiger partial charge in [-0.1, -0.05) is 11.6 Å². The molecule has 2 heterocycles. The van der Waals surface area contributed by atoms with Crippen molar-refractivity contribution in [2.24, 2.45) is 0 Å². The zero-order valence-corrected chi connectivity index (χ0v) is 11.4. The van der Waals surface area contributed by atoms with Crippen LogP contribution in [0.1, 0.15) is 32.0 Å². The maximum Gasteiger partial charge on any atom is 0.324 e. The first kappa shape index (κ1) is 13.2. The second kappa shape index (κ2) is 4.82. The molecule has 6 heteroatoms. The maximum atomic E-state index is 11.9. The van der Waals surface area contributed by atoms with Crippen molar-refractivity contribution in [3.05, 3.63) is 22.7 Å². The Morgan fingerprint density at radius 2 is 2.22 bits per heavy atom. The number of nitrogens with zero attached hydrogens (tertiary/aromatic N) is 2. The Kier molecular flexibility index (Phi) is 3.54. The summed E-state index contributed by atoms with van der Waals surface area (Å²) in [5.41, 5.74) is 1.19.